The second-order valence-corrected chi connectivity index (χ2v) is 5.58. The Morgan fingerprint density at radius 1 is 1.38 bits per heavy atom. The number of benzene rings is 1. The molecule has 1 rings (SSSR count). The molecule has 0 atom stereocenters. The number of nitrogens with one attached hydrogen (secondary N) is 2. The van der Waals surface area contributed by atoms with E-state index in [1.165, 1.54) is 6.07 Å². The lowest BCUT2D eigenvalue weighted by Crippen LogP contribution is -2.36. The van der Waals surface area contributed by atoms with Gasteiger partial charge in [-0.15, -0.1) is 0 Å². The van der Waals surface area contributed by atoms with Gasteiger partial charge >= 0.3 is 0 Å². The van der Waals surface area contributed by atoms with Crippen LogP contribution >= 0.6 is 0 Å². The maximum Gasteiger partial charge on any atom is 0.239 e. The Kier molecular flexibility index (Phi) is 7.15. The molecular weight excluding hydrogens is 269 g/mol. The molecule has 118 valence electrons. The van der Waals surface area contributed by atoms with E-state index in [1.807, 2.05) is 13.0 Å². The lowest BCUT2D eigenvalue weighted by molar-refractivity contribution is -0.119. The van der Waals surface area contributed by atoms with Gasteiger partial charge in [-0.3, -0.25) is 4.79 Å². The lowest BCUT2D eigenvalue weighted by Gasteiger charge is -2.23. The van der Waals surface area contributed by atoms with E-state index in [2.05, 4.69) is 24.5 Å². The average molecular weight is 295 g/mol. The van der Waals surface area contributed by atoms with E-state index in [0.717, 1.165) is 12.1 Å². The van der Waals surface area contributed by atoms with Gasteiger partial charge in [-0.2, -0.15) is 0 Å². The van der Waals surface area contributed by atoms with Crippen molar-refractivity contribution >= 4 is 11.6 Å². The van der Waals surface area contributed by atoms with Crippen LogP contribution in [0.15, 0.2) is 18.2 Å². The van der Waals surface area contributed by atoms with Crippen molar-refractivity contribution in [3.63, 3.8) is 0 Å². The molecule has 0 radical (unpaired) electrons. The molecule has 0 bridgehead atoms. The molecule has 0 aliphatic carbocycles. The SMILES string of the molecule is CCNC(=O)CN(C)c1c(F)cccc1CNCC(C)C. The minimum Gasteiger partial charge on any atom is -0.363 e. The number of rotatable bonds is 8. The predicted molar refractivity (Wildman–Crippen MR) is 84.9 cm³/mol. The van der Waals surface area contributed by atoms with Gasteiger partial charge in [0, 0.05) is 20.1 Å². The molecule has 0 unspecified atom stereocenters. The maximum absolute atomic E-state index is 14.1. The zero-order chi connectivity index (χ0) is 15.8. The number of nitrogens with zero attached hydrogens (tertiary/aromatic N) is 1. The number of para-hydroxylation sites is 1. The van der Waals surface area contributed by atoms with Crippen LogP contribution in [0.1, 0.15) is 26.3 Å². The maximum atomic E-state index is 14.1. The van der Waals surface area contributed by atoms with Crippen LogP contribution in [0.25, 0.3) is 0 Å². The van der Waals surface area contributed by atoms with Gasteiger partial charge in [0.25, 0.3) is 0 Å². The summed E-state index contributed by atoms with van der Waals surface area (Å²) < 4.78 is 14.1. The number of anilines is 1. The highest BCUT2D eigenvalue weighted by molar-refractivity contribution is 5.81. The Labute approximate surface area is 126 Å². The molecule has 1 amide bonds. The fraction of sp³-hybridized carbons (Fsp3) is 0.562. The molecule has 0 fully saturated rings. The van der Waals surface area contributed by atoms with Gasteiger partial charge in [0.2, 0.25) is 5.91 Å². The van der Waals surface area contributed by atoms with E-state index in [9.17, 15) is 9.18 Å². The molecule has 21 heavy (non-hydrogen) atoms. The van der Waals surface area contributed by atoms with Crippen molar-refractivity contribution < 1.29 is 9.18 Å². The normalized spacial score (nSPS) is 10.8. The third kappa shape index (κ3) is 5.71. The number of carbonyl (C=O) groups excluding carboxylic acids is 1. The monoisotopic (exact) mass is 295 g/mol. The third-order valence-corrected chi connectivity index (χ3v) is 3.07. The summed E-state index contributed by atoms with van der Waals surface area (Å²) in [6, 6.07) is 5.01. The first-order valence-electron chi connectivity index (χ1n) is 7.41. The van der Waals surface area contributed by atoms with Crippen LogP contribution in [-0.2, 0) is 11.3 Å². The van der Waals surface area contributed by atoms with Crippen LogP contribution in [0, 0.1) is 11.7 Å². The fourth-order valence-corrected chi connectivity index (χ4v) is 2.17. The van der Waals surface area contributed by atoms with Crippen molar-refractivity contribution in [2.24, 2.45) is 5.92 Å². The molecule has 0 saturated heterocycles. The predicted octanol–water partition coefficient (Wildman–Crippen LogP) is 2.14. The van der Waals surface area contributed by atoms with Gasteiger partial charge in [0.1, 0.15) is 5.82 Å². The van der Waals surface area contributed by atoms with Gasteiger partial charge in [-0.25, -0.2) is 4.39 Å². The Balaban J connectivity index is 2.81. The van der Waals surface area contributed by atoms with Crippen LogP contribution in [0.4, 0.5) is 10.1 Å². The highest BCUT2D eigenvalue weighted by atomic mass is 19.1. The molecule has 0 aliphatic heterocycles. The van der Waals surface area contributed by atoms with E-state index >= 15 is 0 Å². The second kappa shape index (κ2) is 8.62. The van der Waals surface area contributed by atoms with Gasteiger partial charge < -0.3 is 15.5 Å². The lowest BCUT2D eigenvalue weighted by atomic mass is 10.1. The molecule has 1 aromatic carbocycles. The summed E-state index contributed by atoms with van der Waals surface area (Å²) in [5, 5.41) is 6.03. The summed E-state index contributed by atoms with van der Waals surface area (Å²) in [6.45, 7) is 8.29. The quantitative estimate of drug-likeness (QED) is 0.772. The van der Waals surface area contributed by atoms with Gasteiger partial charge in [0.15, 0.2) is 0 Å². The molecule has 5 heteroatoms. The topological polar surface area (TPSA) is 44.4 Å². The van der Waals surface area contributed by atoms with Gasteiger partial charge in [-0.1, -0.05) is 26.0 Å². The van der Waals surface area contributed by atoms with E-state index < -0.39 is 0 Å². The van der Waals surface area contributed by atoms with Crippen LogP contribution in [-0.4, -0.2) is 32.6 Å². The Morgan fingerprint density at radius 3 is 2.71 bits per heavy atom. The fourth-order valence-electron chi connectivity index (χ4n) is 2.17. The summed E-state index contributed by atoms with van der Waals surface area (Å²) in [5.41, 5.74) is 1.35. The number of halogens is 1. The average Bonchev–Trinajstić information content (AvgIpc) is 2.38. The van der Waals surface area contributed by atoms with Crippen molar-refractivity contribution in [1.29, 1.82) is 0 Å². The van der Waals surface area contributed by atoms with E-state index in [0.29, 0.717) is 24.7 Å². The zero-order valence-corrected chi connectivity index (χ0v) is 13.4. The first-order chi connectivity index (χ1) is 9.95. The van der Waals surface area contributed by atoms with Crippen molar-refractivity contribution in [2.45, 2.75) is 27.3 Å². The molecule has 4 nitrogen and oxygen atoms in total. The standard InChI is InChI=1S/C16H26FN3O/c1-5-19-15(21)11-20(4)16-13(7-6-8-14(16)17)10-18-9-12(2)3/h6-8,12,18H,5,9-11H2,1-4H3,(H,19,21). The van der Waals surface area contributed by atoms with Crippen molar-refractivity contribution in [2.75, 3.05) is 31.6 Å². The molecule has 2 N–H and O–H groups in total. The van der Waals surface area contributed by atoms with Crippen LogP contribution in [0.3, 0.4) is 0 Å². The molecular formula is C16H26FN3O. The summed E-state index contributed by atoms with van der Waals surface area (Å²) in [7, 11) is 1.74. The van der Waals surface area contributed by atoms with Crippen LogP contribution in [0.5, 0.6) is 0 Å². The minimum absolute atomic E-state index is 0.107. The smallest absolute Gasteiger partial charge is 0.239 e. The zero-order valence-electron chi connectivity index (χ0n) is 13.4. The second-order valence-electron chi connectivity index (χ2n) is 5.58. The van der Waals surface area contributed by atoms with Gasteiger partial charge in [0.05, 0.1) is 12.2 Å². The van der Waals surface area contributed by atoms with Crippen molar-refractivity contribution in [3.8, 4) is 0 Å². The van der Waals surface area contributed by atoms with E-state index in [-0.39, 0.29) is 18.3 Å². The van der Waals surface area contributed by atoms with Crippen molar-refractivity contribution in [1.82, 2.24) is 10.6 Å². The first-order valence-corrected chi connectivity index (χ1v) is 7.41. The third-order valence-electron chi connectivity index (χ3n) is 3.07. The number of likely N-dealkylation sites (N-methyl/N-ethyl adjacent to an activating group) is 2. The summed E-state index contributed by atoms with van der Waals surface area (Å²) >= 11 is 0. The minimum atomic E-state index is -0.300. The van der Waals surface area contributed by atoms with Gasteiger partial charge in [-0.05, 0) is 31.0 Å². The van der Waals surface area contributed by atoms with Crippen molar-refractivity contribution in [3.05, 3.63) is 29.6 Å². The highest BCUT2D eigenvalue weighted by Crippen LogP contribution is 2.23. The molecule has 1 aromatic rings. The number of amides is 1. The van der Waals surface area contributed by atoms with Crippen LogP contribution in [0.2, 0.25) is 0 Å². The Morgan fingerprint density at radius 2 is 2.10 bits per heavy atom. The Bertz CT molecular complexity index is 463. The summed E-state index contributed by atoms with van der Waals surface area (Å²) in [6.07, 6.45) is 0. The highest BCUT2D eigenvalue weighted by Gasteiger charge is 2.15. The van der Waals surface area contributed by atoms with Crippen LogP contribution < -0.4 is 15.5 Å². The van der Waals surface area contributed by atoms with E-state index in [4.69, 9.17) is 0 Å². The number of carbonyl (C=O) groups is 1. The van der Waals surface area contributed by atoms with E-state index in [1.54, 1.807) is 18.0 Å². The molecule has 0 heterocycles. The largest absolute Gasteiger partial charge is 0.363 e. The Hall–Kier alpha value is -1.62. The molecule has 0 saturated carbocycles. The molecule has 0 spiro atoms. The molecule has 0 aromatic heterocycles. The molecule has 0 aliphatic rings. The summed E-state index contributed by atoms with van der Waals surface area (Å²) in [5.74, 6) is 0.130. The first kappa shape index (κ1) is 17.4. The number of hydrogen-bond donors (Lipinski definition) is 2. The number of hydrogen-bond acceptors (Lipinski definition) is 3. The summed E-state index contributed by atoms with van der Waals surface area (Å²) in [4.78, 5) is 13.3.